The van der Waals surface area contributed by atoms with E-state index in [1.807, 2.05) is 6.92 Å². The molecule has 1 rings (SSSR count). The molecule has 1 N–H and O–H groups in total. The van der Waals surface area contributed by atoms with Gasteiger partial charge in [0.15, 0.2) is 0 Å². The highest BCUT2D eigenvalue weighted by Gasteiger charge is 2.47. The van der Waals surface area contributed by atoms with E-state index in [0.717, 1.165) is 12.8 Å². The zero-order chi connectivity index (χ0) is 9.19. The summed E-state index contributed by atoms with van der Waals surface area (Å²) in [6.45, 7) is 4.14. The van der Waals surface area contributed by atoms with Crippen molar-refractivity contribution in [1.82, 2.24) is 0 Å². The van der Waals surface area contributed by atoms with Gasteiger partial charge in [0, 0.05) is 6.42 Å². The fraction of sp³-hybridized carbons (Fsp3) is 0.889. The summed E-state index contributed by atoms with van der Waals surface area (Å²) in [6, 6.07) is 0. The highest BCUT2D eigenvalue weighted by molar-refractivity contribution is 5.79. The quantitative estimate of drug-likeness (QED) is 0.648. The Morgan fingerprint density at radius 3 is 2.75 bits per heavy atom. The van der Waals surface area contributed by atoms with Gasteiger partial charge in [0.25, 0.3) is 0 Å². The van der Waals surface area contributed by atoms with E-state index in [2.05, 4.69) is 0 Å². The molecule has 3 nitrogen and oxygen atoms in total. The molecule has 1 aliphatic rings. The minimum Gasteiger partial charge on any atom is -0.465 e. The summed E-state index contributed by atoms with van der Waals surface area (Å²) in [4.78, 5) is 11.3. The van der Waals surface area contributed by atoms with E-state index in [9.17, 15) is 9.90 Å². The molecular formula is C9H16O3. The van der Waals surface area contributed by atoms with Crippen molar-refractivity contribution in [3.05, 3.63) is 0 Å². The van der Waals surface area contributed by atoms with Crippen LogP contribution in [0.2, 0.25) is 0 Å². The summed E-state index contributed by atoms with van der Waals surface area (Å²) in [6.07, 6.45) is 1.70. The summed E-state index contributed by atoms with van der Waals surface area (Å²) >= 11 is 0. The van der Waals surface area contributed by atoms with Crippen LogP contribution in [0, 0.1) is 5.41 Å². The second kappa shape index (κ2) is 3.44. The van der Waals surface area contributed by atoms with Crippen molar-refractivity contribution < 1.29 is 14.6 Å². The van der Waals surface area contributed by atoms with Crippen molar-refractivity contribution >= 4 is 5.97 Å². The Morgan fingerprint density at radius 2 is 2.42 bits per heavy atom. The normalized spacial score (nSPS) is 31.8. The minimum atomic E-state index is -0.602. The van der Waals surface area contributed by atoms with Gasteiger partial charge in [-0.25, -0.2) is 0 Å². The maximum Gasteiger partial charge on any atom is 0.314 e. The van der Waals surface area contributed by atoms with Crippen molar-refractivity contribution in [2.75, 3.05) is 6.61 Å². The van der Waals surface area contributed by atoms with E-state index in [1.54, 1.807) is 6.92 Å². The summed E-state index contributed by atoms with van der Waals surface area (Å²) in [5.41, 5.74) is -0.602. The number of cyclic esters (lactones) is 1. The van der Waals surface area contributed by atoms with Crippen molar-refractivity contribution in [3.8, 4) is 0 Å². The van der Waals surface area contributed by atoms with Gasteiger partial charge < -0.3 is 9.84 Å². The second-order valence-corrected chi connectivity index (χ2v) is 3.47. The number of aliphatic hydroxyl groups is 1. The zero-order valence-electron chi connectivity index (χ0n) is 7.67. The lowest BCUT2D eigenvalue weighted by molar-refractivity contribution is -0.151. The number of rotatable bonds is 3. The molecule has 0 aromatic rings. The first-order chi connectivity index (χ1) is 5.63. The van der Waals surface area contributed by atoms with Gasteiger partial charge in [-0.1, -0.05) is 13.3 Å². The molecule has 2 atom stereocenters. The molecule has 0 amide bonds. The molecule has 70 valence electrons. The molecule has 1 fully saturated rings. The smallest absolute Gasteiger partial charge is 0.314 e. The van der Waals surface area contributed by atoms with Crippen LogP contribution in [0.3, 0.4) is 0 Å². The molecular weight excluding hydrogens is 156 g/mol. The molecule has 0 aromatic heterocycles. The van der Waals surface area contributed by atoms with Crippen LogP contribution in [0.4, 0.5) is 0 Å². The SMILES string of the molecule is CCC[C@]1([C@@H](C)O)CCOC1=O. The largest absolute Gasteiger partial charge is 0.465 e. The first-order valence-corrected chi connectivity index (χ1v) is 4.49. The predicted octanol–water partition coefficient (Wildman–Crippen LogP) is 1.10. The number of aliphatic hydroxyl groups excluding tert-OH is 1. The number of ether oxygens (including phenoxy) is 1. The van der Waals surface area contributed by atoms with E-state index in [0.29, 0.717) is 13.0 Å². The van der Waals surface area contributed by atoms with Gasteiger partial charge >= 0.3 is 5.97 Å². The maximum absolute atomic E-state index is 11.3. The Morgan fingerprint density at radius 1 is 1.75 bits per heavy atom. The van der Waals surface area contributed by atoms with Crippen LogP contribution < -0.4 is 0 Å². The molecule has 0 saturated carbocycles. The fourth-order valence-corrected chi connectivity index (χ4v) is 1.83. The fourth-order valence-electron chi connectivity index (χ4n) is 1.83. The molecule has 0 aliphatic carbocycles. The Kier molecular flexibility index (Phi) is 2.73. The van der Waals surface area contributed by atoms with Crippen LogP contribution in [0.1, 0.15) is 33.1 Å². The highest BCUT2D eigenvalue weighted by atomic mass is 16.5. The van der Waals surface area contributed by atoms with E-state index < -0.39 is 11.5 Å². The van der Waals surface area contributed by atoms with Crippen molar-refractivity contribution in [3.63, 3.8) is 0 Å². The molecule has 12 heavy (non-hydrogen) atoms. The summed E-state index contributed by atoms with van der Waals surface area (Å²) in [7, 11) is 0. The zero-order valence-corrected chi connectivity index (χ0v) is 7.67. The van der Waals surface area contributed by atoms with Gasteiger partial charge in [0.2, 0.25) is 0 Å². The maximum atomic E-state index is 11.3. The second-order valence-electron chi connectivity index (χ2n) is 3.47. The van der Waals surface area contributed by atoms with E-state index in [-0.39, 0.29) is 5.97 Å². The molecule has 1 heterocycles. The summed E-state index contributed by atoms with van der Waals surface area (Å²) < 4.78 is 4.88. The Balaban J connectivity index is 2.78. The Hall–Kier alpha value is -0.570. The van der Waals surface area contributed by atoms with Gasteiger partial charge in [0.05, 0.1) is 18.1 Å². The lowest BCUT2D eigenvalue weighted by Gasteiger charge is -2.26. The Bertz CT molecular complexity index is 177. The topological polar surface area (TPSA) is 46.5 Å². The minimum absolute atomic E-state index is 0.223. The average Bonchev–Trinajstić information content (AvgIpc) is 2.34. The van der Waals surface area contributed by atoms with Crippen LogP contribution >= 0.6 is 0 Å². The number of carbonyl (C=O) groups is 1. The number of hydrogen-bond acceptors (Lipinski definition) is 3. The van der Waals surface area contributed by atoms with Gasteiger partial charge in [-0.2, -0.15) is 0 Å². The first-order valence-electron chi connectivity index (χ1n) is 4.49. The molecule has 1 saturated heterocycles. The summed E-state index contributed by atoms with van der Waals surface area (Å²) in [5, 5.41) is 9.50. The molecule has 0 spiro atoms. The molecule has 0 radical (unpaired) electrons. The number of esters is 1. The molecule has 1 aliphatic heterocycles. The van der Waals surface area contributed by atoms with Gasteiger partial charge in [-0.15, -0.1) is 0 Å². The lowest BCUT2D eigenvalue weighted by atomic mass is 9.77. The van der Waals surface area contributed by atoms with Crippen LogP contribution in [0.5, 0.6) is 0 Å². The van der Waals surface area contributed by atoms with E-state index >= 15 is 0 Å². The van der Waals surface area contributed by atoms with Gasteiger partial charge in [-0.3, -0.25) is 4.79 Å². The molecule has 0 aromatic carbocycles. The van der Waals surface area contributed by atoms with Crippen LogP contribution in [-0.2, 0) is 9.53 Å². The third-order valence-corrected chi connectivity index (χ3v) is 2.68. The van der Waals surface area contributed by atoms with E-state index in [4.69, 9.17) is 4.74 Å². The third kappa shape index (κ3) is 1.33. The van der Waals surface area contributed by atoms with E-state index in [1.165, 1.54) is 0 Å². The van der Waals surface area contributed by atoms with Gasteiger partial charge in [-0.05, 0) is 13.3 Å². The molecule has 3 heteroatoms. The van der Waals surface area contributed by atoms with Crippen molar-refractivity contribution in [2.45, 2.75) is 39.2 Å². The lowest BCUT2D eigenvalue weighted by Crippen LogP contribution is -2.37. The number of hydrogen-bond donors (Lipinski definition) is 1. The van der Waals surface area contributed by atoms with Crippen LogP contribution in [-0.4, -0.2) is 23.8 Å². The standard InChI is InChI=1S/C9H16O3/c1-3-4-9(7(2)10)5-6-12-8(9)11/h7,10H,3-6H2,1-2H3/t7-,9-/m1/s1. The monoisotopic (exact) mass is 172 g/mol. The van der Waals surface area contributed by atoms with Crippen molar-refractivity contribution in [2.24, 2.45) is 5.41 Å². The average molecular weight is 172 g/mol. The highest BCUT2D eigenvalue weighted by Crippen LogP contribution is 2.38. The molecule has 0 bridgehead atoms. The molecule has 0 unspecified atom stereocenters. The third-order valence-electron chi connectivity index (χ3n) is 2.68. The van der Waals surface area contributed by atoms with Crippen LogP contribution in [0.15, 0.2) is 0 Å². The number of carbonyl (C=O) groups excluding carboxylic acids is 1. The Labute approximate surface area is 72.7 Å². The van der Waals surface area contributed by atoms with Gasteiger partial charge in [0.1, 0.15) is 0 Å². The van der Waals surface area contributed by atoms with Crippen LogP contribution in [0.25, 0.3) is 0 Å². The summed E-state index contributed by atoms with van der Waals surface area (Å²) in [5.74, 6) is -0.223. The predicted molar refractivity (Wildman–Crippen MR) is 44.6 cm³/mol. The van der Waals surface area contributed by atoms with Crippen molar-refractivity contribution in [1.29, 1.82) is 0 Å². The first kappa shape index (κ1) is 9.52.